The molecule has 1 aliphatic heterocycles. The Bertz CT molecular complexity index is 567. The van der Waals surface area contributed by atoms with Crippen LogP contribution in [0.5, 0.6) is 0 Å². The second kappa shape index (κ2) is 6.28. The zero-order chi connectivity index (χ0) is 14.7. The molecule has 0 aliphatic carbocycles. The van der Waals surface area contributed by atoms with Crippen LogP contribution in [0.3, 0.4) is 0 Å². The normalized spacial score (nSPS) is 17.2. The Morgan fingerprint density at radius 1 is 1.14 bits per heavy atom. The summed E-state index contributed by atoms with van der Waals surface area (Å²) in [7, 11) is 2.19. The first kappa shape index (κ1) is 14.1. The molecule has 1 fully saturated rings. The van der Waals surface area contributed by atoms with E-state index < -0.39 is 0 Å². The highest BCUT2D eigenvalue weighted by Crippen LogP contribution is 2.23. The van der Waals surface area contributed by atoms with Crippen molar-refractivity contribution in [1.82, 2.24) is 20.0 Å². The van der Waals surface area contributed by atoms with Crippen LogP contribution in [0.4, 0.5) is 5.82 Å². The molecule has 21 heavy (non-hydrogen) atoms. The Balaban J connectivity index is 1.56. The molecule has 112 valence electrons. The summed E-state index contributed by atoms with van der Waals surface area (Å²) in [4.78, 5) is 4.93. The Labute approximate surface area is 125 Å². The highest BCUT2D eigenvalue weighted by atomic mass is 15.2. The first-order valence-electron chi connectivity index (χ1n) is 7.51. The number of H-pyrrole nitrogens is 1. The molecule has 5 heteroatoms. The van der Waals surface area contributed by atoms with E-state index >= 15 is 0 Å². The molecular weight excluding hydrogens is 262 g/mol. The number of nitrogens with two attached hydrogens (primary N) is 1. The van der Waals surface area contributed by atoms with Gasteiger partial charge in [0.15, 0.2) is 0 Å². The third-order valence-corrected chi connectivity index (χ3v) is 4.25. The standard InChI is InChI=1S/C16H23N5/c1-20-8-10-21(11-9-20)7-6-13-2-4-14(5-3-13)15-12-18-19-16(15)17/h2-5,12H,6-11H2,1H3,(H3,17,18,19). The number of anilines is 1. The summed E-state index contributed by atoms with van der Waals surface area (Å²) in [6, 6.07) is 8.64. The number of hydrogen-bond donors (Lipinski definition) is 2. The van der Waals surface area contributed by atoms with Crippen LogP contribution in [0.2, 0.25) is 0 Å². The van der Waals surface area contributed by atoms with Crippen LogP contribution in [0.25, 0.3) is 11.1 Å². The zero-order valence-electron chi connectivity index (χ0n) is 12.5. The lowest BCUT2D eigenvalue weighted by Crippen LogP contribution is -2.45. The lowest BCUT2D eigenvalue weighted by Gasteiger charge is -2.32. The minimum absolute atomic E-state index is 0.625. The van der Waals surface area contributed by atoms with E-state index in [1.165, 1.54) is 31.7 Å². The number of aromatic amines is 1. The molecule has 0 bridgehead atoms. The van der Waals surface area contributed by atoms with Crippen molar-refractivity contribution in [2.75, 3.05) is 45.5 Å². The van der Waals surface area contributed by atoms with Crippen molar-refractivity contribution in [2.24, 2.45) is 0 Å². The van der Waals surface area contributed by atoms with Gasteiger partial charge in [-0.2, -0.15) is 5.10 Å². The maximum atomic E-state index is 5.85. The molecule has 1 saturated heterocycles. The van der Waals surface area contributed by atoms with Gasteiger partial charge in [-0.1, -0.05) is 24.3 Å². The van der Waals surface area contributed by atoms with E-state index in [0.717, 1.165) is 24.1 Å². The lowest BCUT2D eigenvalue weighted by molar-refractivity contribution is 0.155. The molecule has 1 aliphatic rings. The fraction of sp³-hybridized carbons (Fsp3) is 0.438. The largest absolute Gasteiger partial charge is 0.384 e. The number of aromatic nitrogens is 2. The third-order valence-electron chi connectivity index (χ3n) is 4.25. The number of rotatable bonds is 4. The van der Waals surface area contributed by atoms with Crippen molar-refractivity contribution in [3.63, 3.8) is 0 Å². The van der Waals surface area contributed by atoms with Crippen molar-refractivity contribution in [3.8, 4) is 11.1 Å². The average molecular weight is 285 g/mol. The van der Waals surface area contributed by atoms with E-state index in [1.807, 2.05) is 0 Å². The number of nitrogens with zero attached hydrogens (tertiary/aromatic N) is 3. The van der Waals surface area contributed by atoms with Crippen LogP contribution in [0, 0.1) is 0 Å². The molecule has 2 aromatic rings. The van der Waals surface area contributed by atoms with Crippen LogP contribution in [0.1, 0.15) is 5.56 Å². The molecule has 1 aromatic carbocycles. The second-order valence-corrected chi connectivity index (χ2v) is 5.79. The monoisotopic (exact) mass is 285 g/mol. The quantitative estimate of drug-likeness (QED) is 0.892. The number of nitrogens with one attached hydrogen (secondary N) is 1. The van der Waals surface area contributed by atoms with Gasteiger partial charge in [-0.05, 0) is 24.6 Å². The van der Waals surface area contributed by atoms with Crippen molar-refractivity contribution in [2.45, 2.75) is 6.42 Å². The summed E-state index contributed by atoms with van der Waals surface area (Å²) in [5, 5.41) is 6.73. The highest BCUT2D eigenvalue weighted by molar-refractivity contribution is 5.72. The number of piperazine rings is 1. The molecule has 0 amide bonds. The highest BCUT2D eigenvalue weighted by Gasteiger charge is 2.13. The maximum Gasteiger partial charge on any atom is 0.126 e. The molecule has 3 N–H and O–H groups in total. The summed E-state index contributed by atoms with van der Waals surface area (Å²) in [5.74, 6) is 0.625. The number of likely N-dealkylation sites (N-methyl/N-ethyl adjacent to an activating group) is 1. The van der Waals surface area contributed by atoms with Crippen molar-refractivity contribution >= 4 is 5.82 Å². The Morgan fingerprint density at radius 2 is 1.86 bits per heavy atom. The summed E-state index contributed by atoms with van der Waals surface area (Å²) < 4.78 is 0. The minimum Gasteiger partial charge on any atom is -0.384 e. The van der Waals surface area contributed by atoms with Gasteiger partial charge in [-0.15, -0.1) is 0 Å². The van der Waals surface area contributed by atoms with Crippen molar-refractivity contribution < 1.29 is 0 Å². The van der Waals surface area contributed by atoms with Crippen LogP contribution in [-0.4, -0.2) is 59.8 Å². The molecule has 5 nitrogen and oxygen atoms in total. The van der Waals surface area contributed by atoms with Crippen molar-refractivity contribution in [1.29, 1.82) is 0 Å². The SMILES string of the molecule is CN1CCN(CCc2ccc(-c3cn[nH]c3N)cc2)CC1. The summed E-state index contributed by atoms with van der Waals surface area (Å²) >= 11 is 0. The maximum absolute atomic E-state index is 5.85. The van der Waals surface area contributed by atoms with Gasteiger partial charge in [-0.25, -0.2) is 0 Å². The van der Waals surface area contributed by atoms with Gasteiger partial charge in [0, 0.05) is 38.3 Å². The van der Waals surface area contributed by atoms with Crippen LogP contribution < -0.4 is 5.73 Å². The van der Waals surface area contributed by atoms with Crippen molar-refractivity contribution in [3.05, 3.63) is 36.0 Å². The predicted octanol–water partition coefficient (Wildman–Crippen LogP) is 1.45. The molecular formula is C16H23N5. The molecule has 0 spiro atoms. The first-order chi connectivity index (χ1) is 10.2. The third kappa shape index (κ3) is 3.43. The van der Waals surface area contributed by atoms with Gasteiger partial charge in [0.2, 0.25) is 0 Å². The molecule has 1 aromatic heterocycles. The van der Waals surface area contributed by atoms with Crippen LogP contribution in [-0.2, 0) is 6.42 Å². The van der Waals surface area contributed by atoms with E-state index in [-0.39, 0.29) is 0 Å². The van der Waals surface area contributed by atoms with Gasteiger partial charge in [0.05, 0.1) is 6.20 Å². The number of nitrogen functional groups attached to an aromatic ring is 1. The van der Waals surface area contributed by atoms with Gasteiger partial charge < -0.3 is 15.5 Å². The molecule has 0 atom stereocenters. The van der Waals surface area contributed by atoms with Crippen LogP contribution >= 0.6 is 0 Å². The minimum atomic E-state index is 0.625. The van der Waals surface area contributed by atoms with E-state index in [0.29, 0.717) is 5.82 Å². The molecule has 0 radical (unpaired) electrons. The number of benzene rings is 1. The Morgan fingerprint density at radius 3 is 2.48 bits per heavy atom. The van der Waals surface area contributed by atoms with E-state index in [1.54, 1.807) is 6.20 Å². The average Bonchev–Trinajstić information content (AvgIpc) is 2.93. The molecule has 0 saturated carbocycles. The second-order valence-electron chi connectivity index (χ2n) is 5.79. The van der Waals surface area contributed by atoms with Crippen LogP contribution in [0.15, 0.2) is 30.5 Å². The van der Waals surface area contributed by atoms with Gasteiger partial charge in [0.25, 0.3) is 0 Å². The topological polar surface area (TPSA) is 61.2 Å². The zero-order valence-corrected chi connectivity index (χ0v) is 12.5. The number of hydrogen-bond acceptors (Lipinski definition) is 4. The van der Waals surface area contributed by atoms with E-state index in [2.05, 4.69) is 51.3 Å². The fourth-order valence-electron chi connectivity index (χ4n) is 2.74. The lowest BCUT2D eigenvalue weighted by atomic mass is 10.0. The fourth-order valence-corrected chi connectivity index (χ4v) is 2.74. The van der Waals surface area contributed by atoms with Gasteiger partial charge in [-0.3, -0.25) is 5.10 Å². The van der Waals surface area contributed by atoms with Gasteiger partial charge in [0.1, 0.15) is 5.82 Å². The molecule has 0 unspecified atom stereocenters. The van der Waals surface area contributed by atoms with E-state index in [9.17, 15) is 0 Å². The molecule has 2 heterocycles. The summed E-state index contributed by atoms with van der Waals surface area (Å²) in [6.07, 6.45) is 2.87. The molecule has 3 rings (SSSR count). The summed E-state index contributed by atoms with van der Waals surface area (Å²) in [5.41, 5.74) is 9.31. The Hall–Kier alpha value is -1.85. The predicted molar refractivity (Wildman–Crippen MR) is 86.1 cm³/mol. The smallest absolute Gasteiger partial charge is 0.126 e. The first-order valence-corrected chi connectivity index (χ1v) is 7.51. The summed E-state index contributed by atoms with van der Waals surface area (Å²) in [6.45, 7) is 5.86. The van der Waals surface area contributed by atoms with Gasteiger partial charge >= 0.3 is 0 Å². The van der Waals surface area contributed by atoms with E-state index in [4.69, 9.17) is 5.73 Å². The Kier molecular flexibility index (Phi) is 4.22.